The van der Waals surface area contributed by atoms with Gasteiger partial charge in [-0.25, -0.2) is 4.39 Å². The van der Waals surface area contributed by atoms with Gasteiger partial charge in [0.2, 0.25) is 0 Å². The van der Waals surface area contributed by atoms with Crippen LogP contribution in [0, 0.1) is 17.7 Å². The Morgan fingerprint density at radius 3 is 2.65 bits per heavy atom. The van der Waals surface area contributed by atoms with Gasteiger partial charge in [-0.15, -0.1) is 0 Å². The van der Waals surface area contributed by atoms with Gasteiger partial charge in [-0.3, -0.25) is 0 Å². The number of aliphatic hydroxyl groups is 1. The van der Waals surface area contributed by atoms with Gasteiger partial charge < -0.3 is 9.84 Å². The van der Waals surface area contributed by atoms with E-state index in [9.17, 15) is 4.39 Å². The molecule has 0 aromatic heterocycles. The van der Waals surface area contributed by atoms with E-state index < -0.39 is 0 Å². The maximum Gasteiger partial charge on any atom is 0.124 e. The lowest BCUT2D eigenvalue weighted by molar-refractivity contribution is -0.0150. The van der Waals surface area contributed by atoms with Gasteiger partial charge in [0.1, 0.15) is 12.4 Å². The van der Waals surface area contributed by atoms with Crippen molar-refractivity contribution in [2.75, 3.05) is 6.61 Å². The minimum absolute atomic E-state index is 0.240. The molecule has 0 saturated carbocycles. The van der Waals surface area contributed by atoms with Crippen LogP contribution in [0.2, 0.25) is 0 Å². The van der Waals surface area contributed by atoms with Crippen molar-refractivity contribution in [3.05, 3.63) is 35.1 Å². The van der Waals surface area contributed by atoms with E-state index in [0.717, 1.165) is 5.56 Å². The van der Waals surface area contributed by atoms with E-state index in [1.807, 2.05) is 20.8 Å². The van der Waals surface area contributed by atoms with Gasteiger partial charge in [0.25, 0.3) is 0 Å². The Kier molecular flexibility index (Phi) is 4.68. The van der Waals surface area contributed by atoms with E-state index in [-0.39, 0.29) is 18.0 Å². The van der Waals surface area contributed by atoms with Crippen molar-refractivity contribution in [2.45, 2.75) is 33.0 Å². The van der Waals surface area contributed by atoms with E-state index in [2.05, 4.69) is 11.8 Å². The number of rotatable bonds is 2. The van der Waals surface area contributed by atoms with Crippen molar-refractivity contribution in [2.24, 2.45) is 0 Å². The molecule has 0 unspecified atom stereocenters. The number of hydrogen-bond donors (Lipinski definition) is 1. The number of hydrogen-bond acceptors (Lipinski definition) is 2. The first-order valence-electron chi connectivity index (χ1n) is 5.44. The number of benzene rings is 1. The summed E-state index contributed by atoms with van der Waals surface area (Å²) >= 11 is 0. The van der Waals surface area contributed by atoms with Gasteiger partial charge in [-0.2, -0.15) is 0 Å². The second-order valence-electron chi connectivity index (χ2n) is 4.66. The summed E-state index contributed by atoms with van der Waals surface area (Å²) in [6.07, 6.45) is 0. The maximum absolute atomic E-state index is 13.1. The van der Waals surface area contributed by atoms with Crippen molar-refractivity contribution in [1.82, 2.24) is 0 Å². The van der Waals surface area contributed by atoms with Crippen LogP contribution in [0.4, 0.5) is 4.39 Å². The van der Waals surface area contributed by atoms with E-state index >= 15 is 0 Å². The summed E-state index contributed by atoms with van der Waals surface area (Å²) in [6.45, 7) is 6.00. The fourth-order valence-corrected chi connectivity index (χ4v) is 1.22. The fraction of sp³-hybridized carbons (Fsp3) is 0.429. The van der Waals surface area contributed by atoms with Crippen molar-refractivity contribution in [1.29, 1.82) is 0 Å². The molecule has 2 nitrogen and oxygen atoms in total. The van der Waals surface area contributed by atoms with Gasteiger partial charge >= 0.3 is 0 Å². The Morgan fingerprint density at radius 1 is 1.35 bits per heavy atom. The van der Waals surface area contributed by atoms with Crippen LogP contribution in [-0.2, 0) is 11.3 Å². The second-order valence-corrected chi connectivity index (χ2v) is 4.66. The predicted octanol–water partition coefficient (Wildman–Crippen LogP) is 2.48. The molecule has 0 radical (unpaired) electrons. The largest absolute Gasteiger partial charge is 0.384 e. The zero-order valence-electron chi connectivity index (χ0n) is 10.4. The van der Waals surface area contributed by atoms with Gasteiger partial charge in [-0.1, -0.05) is 17.9 Å². The zero-order chi connectivity index (χ0) is 12.9. The molecule has 3 heteroatoms. The lowest BCUT2D eigenvalue weighted by Gasteiger charge is -2.20. The van der Waals surface area contributed by atoms with Crippen LogP contribution >= 0.6 is 0 Å². The average Bonchev–Trinajstić information content (AvgIpc) is 2.23. The monoisotopic (exact) mass is 236 g/mol. The molecule has 1 N–H and O–H groups in total. The van der Waals surface area contributed by atoms with Crippen LogP contribution < -0.4 is 0 Å². The molecule has 0 bridgehead atoms. The SMILES string of the molecule is CC(C)(C)OCc1ccc(F)cc1C#CCO. The maximum atomic E-state index is 13.1. The average molecular weight is 236 g/mol. The molecule has 1 aromatic carbocycles. The standard InChI is InChI=1S/C14H17FO2/c1-14(2,3)17-10-12-6-7-13(15)9-11(12)5-4-8-16/h6-7,9,16H,8,10H2,1-3H3. The van der Waals surface area contributed by atoms with Crippen LogP contribution in [0.5, 0.6) is 0 Å². The third-order valence-corrected chi connectivity index (χ3v) is 2.03. The molecule has 0 amide bonds. The smallest absolute Gasteiger partial charge is 0.124 e. The molecule has 0 atom stereocenters. The highest BCUT2D eigenvalue weighted by atomic mass is 19.1. The molecule has 0 aliphatic rings. The van der Waals surface area contributed by atoms with Gasteiger partial charge in [0.15, 0.2) is 0 Å². The summed E-state index contributed by atoms with van der Waals surface area (Å²) in [5, 5.41) is 8.65. The molecule has 17 heavy (non-hydrogen) atoms. The fourth-order valence-electron chi connectivity index (χ4n) is 1.22. The van der Waals surface area contributed by atoms with Crippen molar-refractivity contribution in [3.8, 4) is 11.8 Å². The Hall–Kier alpha value is -1.37. The molecule has 0 fully saturated rings. The highest BCUT2D eigenvalue weighted by Crippen LogP contribution is 2.16. The predicted molar refractivity (Wildman–Crippen MR) is 64.9 cm³/mol. The molecule has 0 aliphatic carbocycles. The molecular weight excluding hydrogens is 219 g/mol. The molecule has 92 valence electrons. The van der Waals surface area contributed by atoms with Crippen molar-refractivity contribution < 1.29 is 14.2 Å². The Labute approximate surface area is 101 Å². The third-order valence-electron chi connectivity index (χ3n) is 2.03. The molecule has 0 saturated heterocycles. The van der Waals surface area contributed by atoms with E-state index in [1.165, 1.54) is 12.1 Å². The van der Waals surface area contributed by atoms with Crippen LogP contribution in [0.1, 0.15) is 31.9 Å². The lowest BCUT2D eigenvalue weighted by Crippen LogP contribution is -2.19. The third kappa shape index (κ3) is 4.99. The van der Waals surface area contributed by atoms with Crippen LogP contribution in [0.3, 0.4) is 0 Å². The molecule has 0 spiro atoms. The molecule has 0 heterocycles. The minimum atomic E-state index is -0.341. The number of aliphatic hydroxyl groups excluding tert-OH is 1. The van der Waals surface area contributed by atoms with Crippen molar-refractivity contribution in [3.63, 3.8) is 0 Å². The minimum Gasteiger partial charge on any atom is -0.384 e. The second kappa shape index (κ2) is 5.81. The summed E-state index contributed by atoms with van der Waals surface area (Å²) in [5.41, 5.74) is 1.13. The molecule has 1 aromatic rings. The first kappa shape index (κ1) is 13.7. The quantitative estimate of drug-likeness (QED) is 0.799. The highest BCUT2D eigenvalue weighted by molar-refractivity contribution is 5.41. The van der Waals surface area contributed by atoms with Gasteiger partial charge in [-0.05, 0) is 38.5 Å². The Bertz CT molecular complexity index is 436. The van der Waals surface area contributed by atoms with E-state index in [1.54, 1.807) is 6.07 Å². The Morgan fingerprint density at radius 2 is 2.06 bits per heavy atom. The molecular formula is C14H17FO2. The van der Waals surface area contributed by atoms with Gasteiger partial charge in [0, 0.05) is 5.56 Å². The molecule has 1 rings (SSSR count). The number of halogens is 1. The summed E-state index contributed by atoms with van der Waals surface area (Å²) in [6, 6.07) is 4.39. The normalized spacial score (nSPS) is 10.9. The van der Waals surface area contributed by atoms with Gasteiger partial charge in [0.05, 0.1) is 12.2 Å². The summed E-state index contributed by atoms with van der Waals surface area (Å²) in [4.78, 5) is 0. The molecule has 0 aliphatic heterocycles. The first-order valence-corrected chi connectivity index (χ1v) is 5.44. The Balaban J connectivity index is 2.90. The van der Waals surface area contributed by atoms with Crippen LogP contribution in [0.15, 0.2) is 18.2 Å². The van der Waals surface area contributed by atoms with Crippen LogP contribution in [-0.4, -0.2) is 17.3 Å². The van der Waals surface area contributed by atoms with Crippen molar-refractivity contribution >= 4 is 0 Å². The van der Waals surface area contributed by atoms with Crippen LogP contribution in [0.25, 0.3) is 0 Å². The zero-order valence-corrected chi connectivity index (χ0v) is 10.4. The first-order chi connectivity index (χ1) is 7.92. The topological polar surface area (TPSA) is 29.5 Å². The highest BCUT2D eigenvalue weighted by Gasteiger charge is 2.11. The summed E-state index contributed by atoms with van der Waals surface area (Å²) in [7, 11) is 0. The summed E-state index contributed by atoms with van der Waals surface area (Å²) < 4.78 is 18.7. The summed E-state index contributed by atoms with van der Waals surface area (Å²) in [5.74, 6) is 4.89. The van der Waals surface area contributed by atoms with E-state index in [4.69, 9.17) is 9.84 Å². The number of ether oxygens (including phenoxy) is 1. The van der Waals surface area contributed by atoms with E-state index in [0.29, 0.717) is 12.2 Å². The lowest BCUT2D eigenvalue weighted by atomic mass is 10.1.